The molecule has 0 aliphatic heterocycles. The van der Waals surface area contributed by atoms with Gasteiger partial charge in [0.15, 0.2) is 33.0 Å². The Morgan fingerprint density at radius 2 is 1.82 bits per heavy atom. The molecule has 0 saturated carbocycles. The summed E-state index contributed by atoms with van der Waals surface area (Å²) < 4.78 is 59.4. The first-order valence-corrected chi connectivity index (χ1v) is 14.1. The minimum atomic E-state index is -3.21. The molecule has 0 saturated heterocycles. The molecule has 1 heterocycles. The smallest absolute Gasteiger partial charge is 0.194 e. The van der Waals surface area contributed by atoms with Crippen LogP contribution in [0.5, 0.6) is 11.5 Å². The molecule has 0 amide bonds. The highest BCUT2D eigenvalue weighted by Crippen LogP contribution is 2.34. The van der Waals surface area contributed by atoms with Crippen LogP contribution in [0.15, 0.2) is 60.3 Å². The number of allylic oxidation sites excluding steroid dienone is 1. The quantitative estimate of drug-likeness (QED) is 0.305. The maximum Gasteiger partial charge on any atom is 0.194 e. The summed E-state index contributed by atoms with van der Waals surface area (Å²) >= 11 is 0. The molecular weight excluding hydrogens is 524 g/mol. The van der Waals surface area contributed by atoms with Crippen molar-refractivity contribution < 1.29 is 26.7 Å². The summed E-state index contributed by atoms with van der Waals surface area (Å²) in [7, 11) is -3.21. The van der Waals surface area contributed by atoms with Gasteiger partial charge in [-0.25, -0.2) is 21.9 Å². The van der Waals surface area contributed by atoms with Gasteiger partial charge < -0.3 is 10.5 Å². The number of Topliss-reactive ketones (excluding diaryl/α,β-unsaturated/α-hetero) is 1. The Morgan fingerprint density at radius 3 is 2.51 bits per heavy atom. The van der Waals surface area contributed by atoms with Gasteiger partial charge in [-0.15, -0.1) is 0 Å². The van der Waals surface area contributed by atoms with E-state index in [1.165, 1.54) is 36.7 Å². The van der Waals surface area contributed by atoms with Crippen molar-refractivity contribution >= 4 is 27.5 Å². The Kier molecular flexibility index (Phi) is 6.59. The van der Waals surface area contributed by atoms with Crippen molar-refractivity contribution in [3.8, 4) is 17.2 Å². The standard InChI is InChI=1S/C29H25F2N3O4S/c1-16-8-18-10-20(11-19(18)12-21(16)15-39(3,36)37)28(35)23-14-33-34(29(23)32)27-17(2)9-22(13-25(27)31)38-26-7-5-4-6-24(26)30/h4-10,12-14H,11,15,32H2,1-3H3. The van der Waals surface area contributed by atoms with Gasteiger partial charge in [0.1, 0.15) is 17.3 Å². The van der Waals surface area contributed by atoms with Gasteiger partial charge in [0.2, 0.25) is 0 Å². The predicted molar refractivity (Wildman–Crippen MR) is 145 cm³/mol. The van der Waals surface area contributed by atoms with E-state index in [4.69, 9.17) is 10.5 Å². The van der Waals surface area contributed by atoms with Crippen molar-refractivity contribution in [3.63, 3.8) is 0 Å². The number of nitrogen functional groups attached to an aromatic ring is 1. The first-order valence-electron chi connectivity index (χ1n) is 12.0. The van der Waals surface area contributed by atoms with E-state index < -0.39 is 21.5 Å². The lowest BCUT2D eigenvalue weighted by molar-refractivity contribution is 0.103. The fraction of sp³-hybridized carbons (Fsp3) is 0.172. The minimum Gasteiger partial charge on any atom is -0.454 e. The molecule has 1 aromatic heterocycles. The van der Waals surface area contributed by atoms with Crippen molar-refractivity contribution in [2.45, 2.75) is 26.0 Å². The summed E-state index contributed by atoms with van der Waals surface area (Å²) in [4.78, 5) is 13.4. The molecule has 7 nitrogen and oxygen atoms in total. The molecule has 0 fully saturated rings. The molecule has 3 aromatic carbocycles. The van der Waals surface area contributed by atoms with Crippen LogP contribution >= 0.6 is 0 Å². The van der Waals surface area contributed by atoms with Gasteiger partial charge in [-0.05, 0) is 65.9 Å². The number of aryl methyl sites for hydroxylation is 2. The second kappa shape index (κ2) is 9.77. The van der Waals surface area contributed by atoms with E-state index in [0.29, 0.717) is 23.1 Å². The van der Waals surface area contributed by atoms with E-state index in [1.54, 1.807) is 19.1 Å². The van der Waals surface area contributed by atoms with E-state index in [-0.39, 0.29) is 40.1 Å². The van der Waals surface area contributed by atoms with Gasteiger partial charge in [-0.3, -0.25) is 4.79 Å². The Morgan fingerprint density at radius 1 is 1.08 bits per heavy atom. The highest BCUT2D eigenvalue weighted by molar-refractivity contribution is 7.89. The summed E-state index contributed by atoms with van der Waals surface area (Å²) in [5.41, 5.74) is 10.5. The monoisotopic (exact) mass is 549 g/mol. The zero-order chi connectivity index (χ0) is 28.1. The number of nitrogens with zero attached hydrogens (tertiary/aromatic N) is 2. The Labute approximate surface area is 224 Å². The summed E-state index contributed by atoms with van der Waals surface area (Å²) in [6.45, 7) is 3.46. The van der Waals surface area contributed by atoms with Crippen LogP contribution in [0.1, 0.15) is 38.2 Å². The largest absolute Gasteiger partial charge is 0.454 e. The Balaban J connectivity index is 1.41. The molecule has 0 bridgehead atoms. The van der Waals surface area contributed by atoms with Gasteiger partial charge in [0.25, 0.3) is 0 Å². The van der Waals surface area contributed by atoms with Gasteiger partial charge in [-0.1, -0.05) is 24.3 Å². The molecule has 200 valence electrons. The van der Waals surface area contributed by atoms with E-state index >= 15 is 4.39 Å². The van der Waals surface area contributed by atoms with Gasteiger partial charge in [0, 0.05) is 24.3 Å². The van der Waals surface area contributed by atoms with Gasteiger partial charge in [-0.2, -0.15) is 5.10 Å². The van der Waals surface area contributed by atoms with Crippen LogP contribution in [-0.2, 0) is 22.0 Å². The summed E-state index contributed by atoms with van der Waals surface area (Å²) in [5, 5.41) is 4.18. The number of benzene rings is 3. The van der Waals surface area contributed by atoms with Crippen LogP contribution in [0.25, 0.3) is 11.8 Å². The average Bonchev–Trinajstić information content (AvgIpc) is 3.42. The number of halogens is 2. The number of sulfone groups is 1. The maximum atomic E-state index is 15.2. The molecule has 2 N–H and O–H groups in total. The molecule has 0 atom stereocenters. The average molecular weight is 550 g/mol. The molecule has 4 aromatic rings. The number of ketones is 1. The van der Waals surface area contributed by atoms with Crippen molar-refractivity contribution in [2.75, 3.05) is 12.0 Å². The van der Waals surface area contributed by atoms with Crippen molar-refractivity contribution in [3.05, 3.63) is 105 Å². The van der Waals surface area contributed by atoms with Crippen molar-refractivity contribution in [1.29, 1.82) is 0 Å². The SMILES string of the molecule is Cc1cc2c(cc1CS(C)(=O)=O)CC(C(=O)c1cnn(-c3c(C)cc(Oc4ccccc4F)cc3F)c1N)=C2. The minimum absolute atomic E-state index is 0.0319. The number of anilines is 1. The molecule has 1 aliphatic rings. The maximum absolute atomic E-state index is 15.2. The van der Waals surface area contributed by atoms with Crippen LogP contribution in [0.3, 0.4) is 0 Å². The molecule has 1 aliphatic carbocycles. The Bertz CT molecular complexity index is 1770. The molecule has 39 heavy (non-hydrogen) atoms. The number of nitrogens with two attached hydrogens (primary N) is 1. The van der Waals surface area contributed by atoms with Crippen LogP contribution in [-0.4, -0.2) is 30.2 Å². The number of aromatic nitrogens is 2. The van der Waals surface area contributed by atoms with E-state index in [1.807, 2.05) is 19.1 Å². The normalized spacial score (nSPS) is 12.8. The van der Waals surface area contributed by atoms with Crippen LogP contribution in [0.2, 0.25) is 0 Å². The third kappa shape index (κ3) is 5.20. The number of ether oxygens (including phenoxy) is 1. The van der Waals surface area contributed by atoms with Crippen LogP contribution < -0.4 is 10.5 Å². The zero-order valence-electron chi connectivity index (χ0n) is 21.5. The second-order valence-electron chi connectivity index (χ2n) is 9.68. The third-order valence-electron chi connectivity index (χ3n) is 6.57. The molecule has 0 spiro atoms. The molecule has 0 radical (unpaired) electrons. The fourth-order valence-corrected chi connectivity index (χ4v) is 5.59. The number of rotatable bonds is 7. The van der Waals surface area contributed by atoms with E-state index in [2.05, 4.69) is 5.10 Å². The van der Waals surface area contributed by atoms with Gasteiger partial charge >= 0.3 is 0 Å². The van der Waals surface area contributed by atoms with Crippen molar-refractivity contribution in [2.24, 2.45) is 0 Å². The number of para-hydroxylation sites is 1. The number of hydrogen-bond donors (Lipinski definition) is 1. The molecular formula is C29H25F2N3O4S. The first-order chi connectivity index (χ1) is 18.4. The topological polar surface area (TPSA) is 104 Å². The molecule has 0 unspecified atom stereocenters. The van der Waals surface area contributed by atoms with Crippen LogP contribution in [0.4, 0.5) is 14.6 Å². The van der Waals surface area contributed by atoms with E-state index in [0.717, 1.165) is 27.4 Å². The number of carbonyl (C=O) groups is 1. The number of carbonyl (C=O) groups excluding carboxylic acids is 1. The summed E-state index contributed by atoms with van der Waals surface area (Å²) in [5.74, 6) is -1.70. The van der Waals surface area contributed by atoms with Crippen LogP contribution in [0, 0.1) is 25.5 Å². The Hall–Kier alpha value is -4.31. The lowest BCUT2D eigenvalue weighted by atomic mass is 10.0. The zero-order valence-corrected chi connectivity index (χ0v) is 22.3. The summed E-state index contributed by atoms with van der Waals surface area (Å²) in [6, 6.07) is 12.1. The fourth-order valence-electron chi connectivity index (χ4n) is 4.71. The van der Waals surface area contributed by atoms with Crippen molar-refractivity contribution in [1.82, 2.24) is 9.78 Å². The number of fused-ring (bicyclic) bond motifs is 1. The lowest BCUT2D eigenvalue weighted by Crippen LogP contribution is -2.10. The first kappa shape index (κ1) is 26.3. The van der Waals surface area contributed by atoms with E-state index in [9.17, 15) is 17.6 Å². The highest BCUT2D eigenvalue weighted by atomic mass is 32.2. The number of hydrogen-bond acceptors (Lipinski definition) is 6. The lowest BCUT2D eigenvalue weighted by Gasteiger charge is -2.13. The second-order valence-corrected chi connectivity index (χ2v) is 11.8. The highest BCUT2D eigenvalue weighted by Gasteiger charge is 2.26. The molecule has 10 heteroatoms. The predicted octanol–water partition coefficient (Wildman–Crippen LogP) is 5.51. The molecule has 5 rings (SSSR count). The third-order valence-corrected chi connectivity index (χ3v) is 7.41. The van der Waals surface area contributed by atoms with Gasteiger partial charge in [0.05, 0.1) is 17.5 Å². The summed E-state index contributed by atoms with van der Waals surface area (Å²) in [6.07, 6.45) is 4.55.